The van der Waals surface area contributed by atoms with Crippen LogP contribution >= 0.6 is 11.6 Å². The van der Waals surface area contributed by atoms with Crippen molar-refractivity contribution in [2.24, 2.45) is 29.6 Å². The van der Waals surface area contributed by atoms with Crippen molar-refractivity contribution in [3.8, 4) is 11.5 Å². The molecule has 9 heteroatoms. The van der Waals surface area contributed by atoms with Crippen LogP contribution in [0.2, 0.25) is 5.02 Å². The Morgan fingerprint density at radius 3 is 2.46 bits per heavy atom. The number of halogens is 1. The maximum Gasteiger partial charge on any atom is 0.246 e. The SMILES string of the molecule is CCN1C(=O)C2CC=C3C(CC4C(=O)N(c5cccc(Cl)c5)C(=O)C4(c4ccccc4)C3C=Cc3ccc(O)c(OC)c3)C2C1=O. The predicted octanol–water partition coefficient (Wildman–Crippen LogP) is 5.78. The lowest BCUT2D eigenvalue weighted by Crippen LogP contribution is -2.54. The van der Waals surface area contributed by atoms with Crippen LogP contribution in [-0.2, 0) is 24.6 Å². The van der Waals surface area contributed by atoms with Crippen LogP contribution < -0.4 is 9.64 Å². The molecule has 1 saturated carbocycles. The average Bonchev–Trinajstić information content (AvgIpc) is 3.45. The van der Waals surface area contributed by atoms with E-state index in [1.165, 1.54) is 23.0 Å². The van der Waals surface area contributed by atoms with Gasteiger partial charge in [-0.05, 0) is 67.1 Å². The van der Waals surface area contributed by atoms with E-state index >= 15 is 4.79 Å². The first-order chi connectivity index (χ1) is 22.2. The lowest BCUT2D eigenvalue weighted by molar-refractivity contribution is -0.140. The topological polar surface area (TPSA) is 104 Å². The standard InChI is InChI=1S/C37H33ClN2O6/c1-3-39-33(42)26-15-14-25-27(32(26)35(39)44)20-29-34(43)40(24-11-7-10-23(38)19-24)36(45)37(29,22-8-5-4-6-9-22)28(25)16-12-21-13-17-30(41)31(18-21)46-2/h4-14,16-19,26-29,32,41H,3,15,20H2,1-2H3. The van der Waals surface area contributed by atoms with Gasteiger partial charge in [0.1, 0.15) is 0 Å². The average molecular weight is 637 g/mol. The third-order valence-corrected chi connectivity index (χ3v) is 10.6. The number of imide groups is 2. The van der Waals surface area contributed by atoms with Gasteiger partial charge in [0.15, 0.2) is 11.5 Å². The minimum Gasteiger partial charge on any atom is -0.504 e. The van der Waals surface area contributed by atoms with Crippen LogP contribution in [-0.4, -0.2) is 47.3 Å². The van der Waals surface area contributed by atoms with Crippen molar-refractivity contribution < 1.29 is 29.0 Å². The number of phenolic OH excluding ortho intramolecular Hbond substituents is 1. The number of hydrogen-bond acceptors (Lipinski definition) is 6. The van der Waals surface area contributed by atoms with Crippen LogP contribution in [0.5, 0.6) is 11.5 Å². The molecule has 3 fully saturated rings. The van der Waals surface area contributed by atoms with Gasteiger partial charge >= 0.3 is 0 Å². The normalized spacial score (nSPS) is 28.8. The van der Waals surface area contributed by atoms with Crippen LogP contribution in [0.25, 0.3) is 6.08 Å². The number of benzene rings is 3. The van der Waals surface area contributed by atoms with Crippen molar-refractivity contribution in [3.05, 3.63) is 107 Å². The largest absolute Gasteiger partial charge is 0.504 e. The van der Waals surface area contributed by atoms with E-state index in [1.54, 1.807) is 43.3 Å². The van der Waals surface area contributed by atoms with Crippen molar-refractivity contribution in [3.63, 3.8) is 0 Å². The molecule has 4 aliphatic rings. The minimum absolute atomic E-state index is 0.00199. The molecule has 0 spiro atoms. The summed E-state index contributed by atoms with van der Waals surface area (Å²) < 4.78 is 5.33. The van der Waals surface area contributed by atoms with Gasteiger partial charge in [-0.2, -0.15) is 0 Å². The first-order valence-corrected chi connectivity index (χ1v) is 15.9. The summed E-state index contributed by atoms with van der Waals surface area (Å²) in [4.78, 5) is 59.4. The van der Waals surface area contributed by atoms with Gasteiger partial charge in [-0.25, -0.2) is 4.90 Å². The van der Waals surface area contributed by atoms with Crippen LogP contribution in [0.1, 0.15) is 30.9 Å². The number of anilines is 1. The zero-order chi connectivity index (χ0) is 32.3. The van der Waals surface area contributed by atoms with Crippen molar-refractivity contribution in [1.29, 1.82) is 0 Å². The Morgan fingerprint density at radius 1 is 0.957 bits per heavy atom. The molecule has 0 aromatic heterocycles. The summed E-state index contributed by atoms with van der Waals surface area (Å²) in [5.74, 6) is -3.75. The fourth-order valence-electron chi connectivity index (χ4n) is 8.37. The molecule has 2 heterocycles. The van der Waals surface area contributed by atoms with E-state index in [2.05, 4.69) is 0 Å². The van der Waals surface area contributed by atoms with Gasteiger partial charge in [-0.15, -0.1) is 0 Å². The molecule has 4 amide bonds. The highest BCUT2D eigenvalue weighted by atomic mass is 35.5. The number of ether oxygens (including phenoxy) is 1. The number of aromatic hydroxyl groups is 1. The fraction of sp³-hybridized carbons (Fsp3) is 0.297. The lowest BCUT2D eigenvalue weighted by Gasteiger charge is -2.49. The first kappa shape index (κ1) is 30.0. The molecule has 8 nitrogen and oxygen atoms in total. The van der Waals surface area contributed by atoms with Crippen LogP contribution in [0.15, 0.2) is 90.5 Å². The van der Waals surface area contributed by atoms with Crippen molar-refractivity contribution in [2.75, 3.05) is 18.6 Å². The van der Waals surface area contributed by atoms with E-state index in [4.69, 9.17) is 16.3 Å². The predicted molar refractivity (Wildman–Crippen MR) is 173 cm³/mol. The van der Waals surface area contributed by atoms with Gasteiger partial charge in [0.05, 0.1) is 36.0 Å². The van der Waals surface area contributed by atoms with E-state index < -0.39 is 35.0 Å². The Hall–Kier alpha value is -4.69. The number of methoxy groups -OCH3 is 1. The highest BCUT2D eigenvalue weighted by Crippen LogP contribution is 2.62. The Morgan fingerprint density at radius 2 is 1.74 bits per heavy atom. The van der Waals surface area contributed by atoms with Crippen LogP contribution in [0.4, 0.5) is 5.69 Å². The Bertz CT molecular complexity index is 1840. The van der Waals surface area contributed by atoms with E-state index in [-0.39, 0.29) is 42.3 Å². The van der Waals surface area contributed by atoms with Gasteiger partial charge in [-0.3, -0.25) is 24.1 Å². The second-order valence-electron chi connectivity index (χ2n) is 12.3. The quantitative estimate of drug-likeness (QED) is 0.272. The number of carbonyl (C=O) groups excluding carboxylic acids is 4. The molecule has 46 heavy (non-hydrogen) atoms. The summed E-state index contributed by atoms with van der Waals surface area (Å²) in [6.07, 6.45) is 6.46. The van der Waals surface area contributed by atoms with Gasteiger partial charge in [-0.1, -0.05) is 77.9 Å². The van der Waals surface area contributed by atoms with Gasteiger partial charge in [0, 0.05) is 17.5 Å². The second kappa shape index (κ2) is 11.3. The number of amides is 4. The van der Waals surface area contributed by atoms with E-state index in [0.717, 1.165) is 11.1 Å². The zero-order valence-electron chi connectivity index (χ0n) is 25.4. The number of rotatable bonds is 6. The van der Waals surface area contributed by atoms with E-state index in [1.807, 2.05) is 48.6 Å². The molecule has 234 valence electrons. The van der Waals surface area contributed by atoms with Crippen molar-refractivity contribution in [1.82, 2.24) is 4.90 Å². The molecule has 1 N–H and O–H groups in total. The van der Waals surface area contributed by atoms with Gasteiger partial charge in [0.2, 0.25) is 23.6 Å². The molecular weight excluding hydrogens is 604 g/mol. The first-order valence-electron chi connectivity index (χ1n) is 15.5. The number of allylic oxidation sites excluding steroid dienone is 3. The van der Waals surface area contributed by atoms with E-state index in [0.29, 0.717) is 28.4 Å². The summed E-state index contributed by atoms with van der Waals surface area (Å²) in [6.45, 7) is 2.08. The van der Waals surface area contributed by atoms with Crippen molar-refractivity contribution >= 4 is 47.0 Å². The molecule has 7 rings (SSSR count). The van der Waals surface area contributed by atoms with Gasteiger partial charge in [0.25, 0.3) is 0 Å². The number of likely N-dealkylation sites (tertiary alicyclic amines) is 1. The molecule has 3 aromatic carbocycles. The highest BCUT2D eigenvalue weighted by Gasteiger charge is 2.69. The number of hydrogen-bond donors (Lipinski definition) is 1. The van der Waals surface area contributed by atoms with Crippen molar-refractivity contribution in [2.45, 2.75) is 25.2 Å². The maximum absolute atomic E-state index is 15.1. The maximum atomic E-state index is 15.1. The molecular formula is C37H33ClN2O6. The van der Waals surface area contributed by atoms with Crippen LogP contribution in [0.3, 0.4) is 0 Å². The van der Waals surface area contributed by atoms with Gasteiger partial charge < -0.3 is 9.84 Å². The molecule has 0 bridgehead atoms. The Kier molecular flexibility index (Phi) is 7.35. The monoisotopic (exact) mass is 636 g/mol. The smallest absolute Gasteiger partial charge is 0.246 e. The summed E-state index contributed by atoms with van der Waals surface area (Å²) in [7, 11) is 1.47. The number of fused-ring (bicyclic) bond motifs is 4. The van der Waals surface area contributed by atoms with Crippen LogP contribution in [0, 0.1) is 29.6 Å². The van der Waals surface area contributed by atoms with E-state index in [9.17, 15) is 19.5 Å². The molecule has 3 aromatic rings. The number of nitrogens with zero attached hydrogens (tertiary/aromatic N) is 2. The molecule has 6 unspecified atom stereocenters. The summed E-state index contributed by atoms with van der Waals surface area (Å²) >= 11 is 6.35. The summed E-state index contributed by atoms with van der Waals surface area (Å²) in [5.41, 5.74) is 1.36. The second-order valence-corrected chi connectivity index (χ2v) is 12.8. The fourth-order valence-corrected chi connectivity index (χ4v) is 8.56. The Balaban J connectivity index is 1.46. The zero-order valence-corrected chi connectivity index (χ0v) is 26.2. The third-order valence-electron chi connectivity index (χ3n) is 10.3. The Labute approximate surface area is 271 Å². The molecule has 2 aliphatic carbocycles. The minimum atomic E-state index is -1.33. The number of carbonyl (C=O) groups is 4. The third kappa shape index (κ3) is 4.26. The molecule has 2 saturated heterocycles. The highest BCUT2D eigenvalue weighted by molar-refractivity contribution is 6.32. The molecule has 2 aliphatic heterocycles. The summed E-state index contributed by atoms with van der Waals surface area (Å²) in [5, 5.41) is 10.6. The lowest BCUT2D eigenvalue weighted by atomic mass is 9.50. The summed E-state index contributed by atoms with van der Waals surface area (Å²) in [6, 6.07) is 21.1. The molecule has 0 radical (unpaired) electrons. The molecule has 6 atom stereocenters. The number of phenols is 1.